The van der Waals surface area contributed by atoms with E-state index in [0.717, 1.165) is 12.1 Å². The lowest BCUT2D eigenvalue weighted by atomic mass is 9.98. The van der Waals surface area contributed by atoms with Gasteiger partial charge in [-0.2, -0.15) is 13.2 Å². The molecule has 1 aliphatic heterocycles. The maximum atomic E-state index is 13.6. The summed E-state index contributed by atoms with van der Waals surface area (Å²) in [6, 6.07) is 7.72. The molecule has 1 heterocycles. The average Bonchev–Trinajstić information content (AvgIpc) is 2.66. The second-order valence-electron chi connectivity index (χ2n) is 7.85. The second-order valence-corrected chi connectivity index (χ2v) is 10.0. The highest BCUT2D eigenvalue weighted by atomic mass is 32.2. The first-order valence-corrected chi connectivity index (χ1v) is 11.6. The first-order chi connectivity index (χ1) is 14.7. The Kier molecular flexibility index (Phi) is 6.25. The first-order valence-electron chi connectivity index (χ1n) is 9.67. The average molecular weight is 475 g/mol. The van der Waals surface area contributed by atoms with Crippen molar-refractivity contribution in [3.8, 4) is 0 Å². The minimum absolute atomic E-state index is 0.0770. The van der Waals surface area contributed by atoms with E-state index in [9.17, 15) is 31.0 Å². The molecule has 0 unspecified atom stereocenters. The number of rotatable bonds is 4. The van der Waals surface area contributed by atoms with Crippen LogP contribution in [0.1, 0.15) is 34.3 Å². The summed E-state index contributed by atoms with van der Waals surface area (Å²) in [7, 11) is -3.05. The van der Waals surface area contributed by atoms with Gasteiger partial charge in [-0.25, -0.2) is 17.8 Å². The summed E-state index contributed by atoms with van der Waals surface area (Å²) in [4.78, 5) is 14.5. The summed E-state index contributed by atoms with van der Waals surface area (Å²) >= 11 is 0. The van der Waals surface area contributed by atoms with Gasteiger partial charge in [0.05, 0.1) is 26.5 Å². The predicted octanol–water partition coefficient (Wildman–Crippen LogP) is 5.54. The Balaban J connectivity index is 2.01. The van der Waals surface area contributed by atoms with Crippen LogP contribution in [-0.4, -0.2) is 35.4 Å². The Morgan fingerprint density at radius 3 is 2.34 bits per heavy atom. The van der Waals surface area contributed by atoms with E-state index >= 15 is 0 Å². The lowest BCUT2D eigenvalue weighted by Crippen LogP contribution is -2.40. The largest absolute Gasteiger partial charge is 0.416 e. The number of anilines is 2. The zero-order valence-electron chi connectivity index (χ0n) is 17.4. The first kappa shape index (κ1) is 24.0. The molecule has 2 aromatic carbocycles. The molecule has 0 saturated carbocycles. The SMILES string of the molecule is Cc1cc(C(=O)Nc2cccc([S@@](C)(=N)=O)c2)c(N2CCC(F)(F)CC2)cc1C(F)(F)F. The van der Waals surface area contributed by atoms with Crippen LogP contribution < -0.4 is 10.2 Å². The van der Waals surface area contributed by atoms with Crippen LogP contribution in [0.3, 0.4) is 0 Å². The van der Waals surface area contributed by atoms with Gasteiger partial charge >= 0.3 is 6.18 Å². The molecule has 1 atom stereocenters. The third kappa shape index (κ3) is 5.37. The van der Waals surface area contributed by atoms with Crippen LogP contribution >= 0.6 is 0 Å². The van der Waals surface area contributed by atoms with Crippen LogP contribution in [0.15, 0.2) is 41.3 Å². The van der Waals surface area contributed by atoms with Crippen LogP contribution in [0.25, 0.3) is 0 Å². The molecular formula is C21H22F5N3O2S. The van der Waals surface area contributed by atoms with Crippen LogP contribution in [0.5, 0.6) is 0 Å². The number of nitrogens with zero attached hydrogens (tertiary/aromatic N) is 1. The van der Waals surface area contributed by atoms with Crippen LogP contribution in [-0.2, 0) is 15.9 Å². The van der Waals surface area contributed by atoms with Gasteiger partial charge in [0.2, 0.25) is 0 Å². The third-order valence-corrected chi connectivity index (χ3v) is 6.42. The molecule has 2 N–H and O–H groups in total. The Morgan fingerprint density at radius 1 is 1.16 bits per heavy atom. The molecule has 1 saturated heterocycles. The molecule has 1 amide bonds. The van der Waals surface area contributed by atoms with Gasteiger partial charge < -0.3 is 10.2 Å². The number of piperidine rings is 1. The minimum Gasteiger partial charge on any atom is -0.370 e. The van der Waals surface area contributed by atoms with Gasteiger partial charge in [-0.15, -0.1) is 0 Å². The number of carbonyl (C=O) groups excluding carboxylic acids is 1. The van der Waals surface area contributed by atoms with Gasteiger partial charge in [0, 0.05) is 42.8 Å². The summed E-state index contributed by atoms with van der Waals surface area (Å²) < 4.78 is 87.2. The molecule has 0 bridgehead atoms. The van der Waals surface area contributed by atoms with E-state index in [0.29, 0.717) is 0 Å². The zero-order valence-corrected chi connectivity index (χ0v) is 18.2. The molecule has 0 aromatic heterocycles. The Hall–Kier alpha value is -2.69. The van der Waals surface area contributed by atoms with Crippen molar-refractivity contribution in [2.45, 2.75) is 36.8 Å². The normalized spacial score (nSPS) is 18.2. The molecule has 32 heavy (non-hydrogen) atoms. The number of aryl methyl sites for hydroxylation is 1. The summed E-state index contributed by atoms with van der Waals surface area (Å²) in [5.74, 6) is -3.64. The van der Waals surface area contributed by atoms with E-state index in [1.807, 2.05) is 0 Å². The van der Waals surface area contributed by atoms with Gasteiger partial charge in [0.1, 0.15) is 0 Å². The summed E-state index contributed by atoms with van der Waals surface area (Å²) in [5.41, 5.74) is -1.07. The van der Waals surface area contributed by atoms with Gasteiger partial charge in [-0.1, -0.05) is 6.07 Å². The number of hydrogen-bond donors (Lipinski definition) is 2. The maximum absolute atomic E-state index is 13.6. The van der Waals surface area contributed by atoms with E-state index in [1.54, 1.807) is 0 Å². The fraction of sp³-hybridized carbons (Fsp3) is 0.381. The molecule has 0 spiro atoms. The minimum atomic E-state index is -4.67. The lowest BCUT2D eigenvalue weighted by Gasteiger charge is -2.35. The van der Waals surface area contributed by atoms with Crippen molar-refractivity contribution in [3.05, 3.63) is 53.1 Å². The van der Waals surface area contributed by atoms with E-state index in [1.165, 1.54) is 42.3 Å². The zero-order chi connectivity index (χ0) is 23.9. The molecule has 0 radical (unpaired) electrons. The van der Waals surface area contributed by atoms with Crippen LogP contribution in [0.2, 0.25) is 0 Å². The quantitative estimate of drug-likeness (QED) is 0.571. The van der Waals surface area contributed by atoms with Crippen LogP contribution in [0, 0.1) is 11.7 Å². The number of hydrogen-bond acceptors (Lipinski definition) is 4. The molecule has 1 fully saturated rings. The van der Waals surface area contributed by atoms with Crippen molar-refractivity contribution in [1.82, 2.24) is 0 Å². The van der Waals surface area contributed by atoms with E-state index in [4.69, 9.17) is 4.78 Å². The Labute approximate surface area is 182 Å². The van der Waals surface area contributed by atoms with Crippen molar-refractivity contribution >= 4 is 27.0 Å². The van der Waals surface area contributed by atoms with Crippen molar-refractivity contribution < 1.29 is 31.0 Å². The topological polar surface area (TPSA) is 73.3 Å². The molecule has 11 heteroatoms. The number of carbonyl (C=O) groups is 1. The Bertz CT molecular complexity index is 1140. The number of nitrogens with one attached hydrogen (secondary N) is 2. The number of alkyl halides is 5. The van der Waals surface area contributed by atoms with Crippen molar-refractivity contribution in [3.63, 3.8) is 0 Å². The fourth-order valence-electron chi connectivity index (χ4n) is 3.53. The lowest BCUT2D eigenvalue weighted by molar-refractivity contribution is -0.138. The molecular weight excluding hydrogens is 453 g/mol. The van der Waals surface area contributed by atoms with Crippen LogP contribution in [0.4, 0.5) is 33.3 Å². The highest BCUT2D eigenvalue weighted by molar-refractivity contribution is 7.91. The van der Waals surface area contributed by atoms with Gasteiger partial charge in [0.15, 0.2) is 0 Å². The standard InChI is InChI=1S/C21H22F5N3O2S/c1-13-10-16(19(30)28-14-4-3-5-15(11-14)32(2,27)31)18(12-17(13)21(24,25)26)29-8-6-20(22,23)7-9-29/h3-5,10-12,27H,6-9H2,1-2H3,(H,28,30)/t32-/m0/s1. The monoisotopic (exact) mass is 475 g/mol. The maximum Gasteiger partial charge on any atom is 0.416 e. The van der Waals surface area contributed by atoms with Crippen molar-refractivity contribution in [2.24, 2.45) is 0 Å². The predicted molar refractivity (Wildman–Crippen MR) is 112 cm³/mol. The van der Waals surface area contributed by atoms with Crippen molar-refractivity contribution in [1.29, 1.82) is 4.78 Å². The van der Waals surface area contributed by atoms with Gasteiger partial charge in [-0.05, 0) is 42.8 Å². The second kappa shape index (κ2) is 8.34. The van der Waals surface area contributed by atoms with Crippen molar-refractivity contribution in [2.75, 3.05) is 29.6 Å². The van der Waals surface area contributed by atoms with Gasteiger partial charge in [0.25, 0.3) is 11.8 Å². The highest BCUT2D eigenvalue weighted by Gasteiger charge is 2.38. The Morgan fingerprint density at radius 2 is 1.78 bits per heavy atom. The molecule has 0 aliphatic carbocycles. The molecule has 2 aromatic rings. The number of amides is 1. The number of halogens is 5. The fourth-order valence-corrected chi connectivity index (χ4v) is 4.22. The number of benzene rings is 2. The van der Waals surface area contributed by atoms with E-state index in [2.05, 4.69) is 5.32 Å². The molecule has 3 rings (SSSR count). The summed E-state index contributed by atoms with van der Waals surface area (Å²) in [5, 5.41) is 2.55. The highest BCUT2D eigenvalue weighted by Crippen LogP contribution is 2.38. The van der Waals surface area contributed by atoms with E-state index in [-0.39, 0.29) is 40.5 Å². The third-order valence-electron chi connectivity index (χ3n) is 5.27. The van der Waals surface area contributed by atoms with E-state index < -0.39 is 46.1 Å². The molecule has 174 valence electrons. The summed E-state index contributed by atoms with van der Waals surface area (Å²) in [6.45, 7) is 0.834. The molecule has 1 aliphatic rings. The van der Waals surface area contributed by atoms with Gasteiger partial charge in [-0.3, -0.25) is 4.79 Å². The molecule has 5 nitrogen and oxygen atoms in total. The smallest absolute Gasteiger partial charge is 0.370 e. The summed E-state index contributed by atoms with van der Waals surface area (Å²) in [6.07, 6.45) is -4.51.